The van der Waals surface area contributed by atoms with Gasteiger partial charge in [-0.2, -0.15) is 11.8 Å². The van der Waals surface area contributed by atoms with Crippen LogP contribution in [0.5, 0.6) is 5.75 Å². The molecule has 1 atom stereocenters. The molecule has 0 saturated heterocycles. The Labute approximate surface area is 108 Å². The Morgan fingerprint density at radius 3 is 2.94 bits per heavy atom. The van der Waals surface area contributed by atoms with Gasteiger partial charge in [0, 0.05) is 11.8 Å². The molecule has 0 aliphatic rings. The zero-order valence-electron chi connectivity index (χ0n) is 10.6. The van der Waals surface area contributed by atoms with Gasteiger partial charge in [0.25, 0.3) is 0 Å². The number of benzene rings is 1. The standard InChI is InChI=1S/C13H22N2OS/c1-3-7-17-10-12(15-14)8-11-5-4-6-13(9-11)16-2/h4-6,9,12,15H,3,7-8,10,14H2,1-2H3. The summed E-state index contributed by atoms with van der Waals surface area (Å²) in [5.41, 5.74) is 4.14. The summed E-state index contributed by atoms with van der Waals surface area (Å²) in [6, 6.07) is 8.46. The highest BCUT2D eigenvalue weighted by Gasteiger charge is 2.08. The van der Waals surface area contributed by atoms with Gasteiger partial charge in [-0.3, -0.25) is 11.3 Å². The maximum absolute atomic E-state index is 5.58. The molecule has 0 bridgehead atoms. The fraction of sp³-hybridized carbons (Fsp3) is 0.538. The minimum absolute atomic E-state index is 0.318. The summed E-state index contributed by atoms with van der Waals surface area (Å²) in [6.45, 7) is 2.19. The van der Waals surface area contributed by atoms with Crippen LogP contribution >= 0.6 is 11.8 Å². The lowest BCUT2D eigenvalue weighted by Crippen LogP contribution is -2.38. The molecule has 3 nitrogen and oxygen atoms in total. The van der Waals surface area contributed by atoms with Crippen LogP contribution in [0.2, 0.25) is 0 Å². The SMILES string of the molecule is CCCSCC(Cc1cccc(OC)c1)NN. The molecule has 0 spiro atoms. The first-order valence-corrected chi connectivity index (χ1v) is 7.12. The second-order valence-electron chi connectivity index (χ2n) is 3.99. The average molecular weight is 254 g/mol. The van der Waals surface area contributed by atoms with E-state index in [1.807, 2.05) is 23.9 Å². The number of hydrazine groups is 1. The van der Waals surface area contributed by atoms with Gasteiger partial charge in [0.2, 0.25) is 0 Å². The zero-order valence-corrected chi connectivity index (χ0v) is 11.4. The van der Waals surface area contributed by atoms with Crippen LogP contribution in [0.25, 0.3) is 0 Å². The fourth-order valence-electron chi connectivity index (χ4n) is 1.62. The van der Waals surface area contributed by atoms with Gasteiger partial charge >= 0.3 is 0 Å². The first-order valence-electron chi connectivity index (χ1n) is 5.97. The van der Waals surface area contributed by atoms with Crippen LogP contribution in [0.1, 0.15) is 18.9 Å². The van der Waals surface area contributed by atoms with Crippen LogP contribution in [-0.2, 0) is 6.42 Å². The van der Waals surface area contributed by atoms with Crippen molar-refractivity contribution in [3.8, 4) is 5.75 Å². The van der Waals surface area contributed by atoms with Crippen LogP contribution < -0.4 is 16.0 Å². The van der Waals surface area contributed by atoms with Crippen LogP contribution in [0, 0.1) is 0 Å². The molecule has 0 saturated carbocycles. The van der Waals surface area contributed by atoms with Gasteiger partial charge < -0.3 is 4.74 Å². The first-order chi connectivity index (χ1) is 8.30. The first kappa shape index (κ1) is 14.4. The van der Waals surface area contributed by atoms with Gasteiger partial charge in [0.1, 0.15) is 5.75 Å². The molecule has 0 fully saturated rings. The molecule has 0 amide bonds. The highest BCUT2D eigenvalue weighted by molar-refractivity contribution is 7.99. The Balaban J connectivity index is 2.48. The number of nitrogens with one attached hydrogen (secondary N) is 1. The molecule has 0 aliphatic carbocycles. The summed E-state index contributed by atoms with van der Waals surface area (Å²) in [7, 11) is 1.69. The minimum atomic E-state index is 0.318. The van der Waals surface area contributed by atoms with Crippen molar-refractivity contribution >= 4 is 11.8 Å². The van der Waals surface area contributed by atoms with E-state index in [9.17, 15) is 0 Å². The molecule has 1 unspecified atom stereocenters. The maximum atomic E-state index is 5.58. The van der Waals surface area contributed by atoms with Crippen LogP contribution in [-0.4, -0.2) is 24.7 Å². The van der Waals surface area contributed by atoms with E-state index in [0.29, 0.717) is 6.04 Å². The zero-order chi connectivity index (χ0) is 12.5. The van der Waals surface area contributed by atoms with Gasteiger partial charge in [0.05, 0.1) is 7.11 Å². The molecule has 17 heavy (non-hydrogen) atoms. The molecule has 4 heteroatoms. The lowest BCUT2D eigenvalue weighted by molar-refractivity contribution is 0.414. The Morgan fingerprint density at radius 2 is 2.29 bits per heavy atom. The quantitative estimate of drug-likeness (QED) is 0.424. The summed E-state index contributed by atoms with van der Waals surface area (Å²) in [4.78, 5) is 0. The van der Waals surface area contributed by atoms with E-state index < -0.39 is 0 Å². The number of ether oxygens (including phenoxy) is 1. The topological polar surface area (TPSA) is 47.3 Å². The van der Waals surface area contributed by atoms with Crippen molar-refractivity contribution in [3.63, 3.8) is 0 Å². The summed E-state index contributed by atoms with van der Waals surface area (Å²) in [5, 5.41) is 0. The largest absolute Gasteiger partial charge is 0.497 e. The van der Waals surface area contributed by atoms with Crippen LogP contribution in [0.15, 0.2) is 24.3 Å². The lowest BCUT2D eigenvalue weighted by atomic mass is 10.1. The molecule has 0 heterocycles. The van der Waals surface area contributed by atoms with Gasteiger partial charge in [-0.15, -0.1) is 0 Å². The summed E-state index contributed by atoms with van der Waals surface area (Å²) in [6.07, 6.45) is 2.14. The van der Waals surface area contributed by atoms with Crippen molar-refractivity contribution in [1.82, 2.24) is 5.43 Å². The number of hydrogen-bond donors (Lipinski definition) is 2. The van der Waals surface area contributed by atoms with Gasteiger partial charge in [-0.25, -0.2) is 0 Å². The number of nitrogens with two attached hydrogens (primary N) is 1. The number of hydrogen-bond acceptors (Lipinski definition) is 4. The molecule has 3 N–H and O–H groups in total. The van der Waals surface area contributed by atoms with Crippen molar-refractivity contribution < 1.29 is 4.74 Å². The fourth-order valence-corrected chi connectivity index (χ4v) is 2.57. The van der Waals surface area contributed by atoms with E-state index in [2.05, 4.69) is 24.5 Å². The number of methoxy groups -OCH3 is 1. The second-order valence-corrected chi connectivity index (χ2v) is 5.14. The van der Waals surface area contributed by atoms with Crippen molar-refractivity contribution in [2.45, 2.75) is 25.8 Å². The molecule has 0 aliphatic heterocycles. The van der Waals surface area contributed by atoms with E-state index in [0.717, 1.165) is 17.9 Å². The van der Waals surface area contributed by atoms with E-state index in [1.54, 1.807) is 7.11 Å². The Bertz CT molecular complexity index is 320. The predicted octanol–water partition coefficient (Wildman–Crippen LogP) is 2.21. The van der Waals surface area contributed by atoms with E-state index in [4.69, 9.17) is 10.6 Å². The van der Waals surface area contributed by atoms with E-state index >= 15 is 0 Å². The third-order valence-electron chi connectivity index (χ3n) is 2.52. The molecule has 96 valence electrons. The molecule has 1 aromatic rings. The Kier molecular flexibility index (Phi) is 7.08. The smallest absolute Gasteiger partial charge is 0.119 e. The molecule has 1 rings (SSSR count). The van der Waals surface area contributed by atoms with Crippen molar-refractivity contribution in [1.29, 1.82) is 0 Å². The van der Waals surface area contributed by atoms with Crippen LogP contribution in [0.3, 0.4) is 0 Å². The van der Waals surface area contributed by atoms with Crippen molar-refractivity contribution in [2.24, 2.45) is 5.84 Å². The third kappa shape index (κ3) is 5.44. The second kappa shape index (κ2) is 8.39. The molecule has 0 aromatic heterocycles. The van der Waals surface area contributed by atoms with Gasteiger partial charge in [-0.1, -0.05) is 19.1 Å². The molecule has 1 aromatic carbocycles. The number of thioether (sulfide) groups is 1. The summed E-state index contributed by atoms with van der Waals surface area (Å²) < 4.78 is 5.21. The molecule has 0 radical (unpaired) electrons. The van der Waals surface area contributed by atoms with Gasteiger partial charge in [-0.05, 0) is 36.3 Å². The third-order valence-corrected chi connectivity index (χ3v) is 3.85. The maximum Gasteiger partial charge on any atom is 0.119 e. The normalized spacial score (nSPS) is 12.4. The predicted molar refractivity (Wildman–Crippen MR) is 75.4 cm³/mol. The Morgan fingerprint density at radius 1 is 1.47 bits per heavy atom. The van der Waals surface area contributed by atoms with Crippen molar-refractivity contribution in [3.05, 3.63) is 29.8 Å². The Hall–Kier alpha value is -0.710. The van der Waals surface area contributed by atoms with E-state index in [-0.39, 0.29) is 0 Å². The van der Waals surface area contributed by atoms with Crippen LogP contribution in [0.4, 0.5) is 0 Å². The number of rotatable bonds is 8. The molecular weight excluding hydrogens is 232 g/mol. The van der Waals surface area contributed by atoms with Gasteiger partial charge in [0.15, 0.2) is 0 Å². The van der Waals surface area contributed by atoms with Crippen molar-refractivity contribution in [2.75, 3.05) is 18.6 Å². The highest BCUT2D eigenvalue weighted by atomic mass is 32.2. The highest BCUT2D eigenvalue weighted by Crippen LogP contribution is 2.15. The summed E-state index contributed by atoms with van der Waals surface area (Å²) >= 11 is 1.94. The monoisotopic (exact) mass is 254 g/mol. The lowest BCUT2D eigenvalue weighted by Gasteiger charge is -2.15. The van der Waals surface area contributed by atoms with E-state index in [1.165, 1.54) is 17.7 Å². The molecular formula is C13H22N2OS. The average Bonchev–Trinajstić information content (AvgIpc) is 2.38. The minimum Gasteiger partial charge on any atom is -0.497 e. The summed E-state index contributed by atoms with van der Waals surface area (Å²) in [5.74, 6) is 8.72.